The first-order valence-corrected chi connectivity index (χ1v) is 6.98. The van der Waals surface area contributed by atoms with E-state index in [1.54, 1.807) is 13.0 Å². The van der Waals surface area contributed by atoms with Gasteiger partial charge in [-0.15, -0.1) is 15.8 Å². The van der Waals surface area contributed by atoms with Crippen molar-refractivity contribution in [2.45, 2.75) is 48.0 Å². The molecule has 0 saturated heterocycles. The van der Waals surface area contributed by atoms with Gasteiger partial charge in [0.15, 0.2) is 0 Å². The Morgan fingerprint density at radius 1 is 1.22 bits per heavy atom. The summed E-state index contributed by atoms with van der Waals surface area (Å²) >= 11 is 0. The van der Waals surface area contributed by atoms with Crippen LogP contribution >= 0.6 is 9.24 Å². The topological polar surface area (TPSA) is 20.2 Å². The summed E-state index contributed by atoms with van der Waals surface area (Å²) in [5, 5.41) is 8.85. The molecule has 106 valence electrons. The van der Waals surface area contributed by atoms with Crippen molar-refractivity contribution in [3.63, 3.8) is 0 Å². The summed E-state index contributed by atoms with van der Waals surface area (Å²) in [5.41, 5.74) is 2.74. The van der Waals surface area contributed by atoms with Crippen molar-refractivity contribution in [3.05, 3.63) is 47.3 Å². The monoisotopic (exact) mass is 270 g/mol. The van der Waals surface area contributed by atoms with Crippen LogP contribution in [0.5, 0.6) is 0 Å². The molecule has 0 aliphatic heterocycles. The van der Waals surface area contributed by atoms with Gasteiger partial charge in [0.2, 0.25) is 0 Å². The van der Waals surface area contributed by atoms with Crippen molar-refractivity contribution in [1.29, 1.82) is 0 Å². The molecule has 0 heterocycles. The highest BCUT2D eigenvalue weighted by Crippen LogP contribution is 2.20. The van der Waals surface area contributed by atoms with Crippen LogP contribution in [0.4, 0.5) is 0 Å². The molecule has 0 saturated carbocycles. The number of aliphatic hydroxyl groups is 1. The van der Waals surface area contributed by atoms with Gasteiger partial charge in [-0.3, -0.25) is 0 Å². The summed E-state index contributed by atoms with van der Waals surface area (Å²) < 4.78 is 0. The normalized spacial score (nSPS) is 11.9. The summed E-state index contributed by atoms with van der Waals surface area (Å²) in [6.07, 6.45) is 9.29. The third-order valence-electron chi connectivity index (χ3n) is 1.88. The molecule has 1 unspecified atom stereocenters. The van der Waals surface area contributed by atoms with Gasteiger partial charge in [0.05, 0.1) is 0 Å². The van der Waals surface area contributed by atoms with E-state index in [0.717, 1.165) is 6.42 Å². The van der Waals surface area contributed by atoms with Crippen molar-refractivity contribution in [2.24, 2.45) is 0 Å². The second-order valence-electron chi connectivity index (χ2n) is 3.60. The number of rotatable bonds is 3. The summed E-state index contributed by atoms with van der Waals surface area (Å²) in [6, 6.07) is 0. The van der Waals surface area contributed by atoms with Gasteiger partial charge in [-0.25, -0.2) is 0 Å². The van der Waals surface area contributed by atoms with Gasteiger partial charge in [0.25, 0.3) is 0 Å². The van der Waals surface area contributed by atoms with Gasteiger partial charge in [-0.2, -0.15) is 0 Å². The van der Waals surface area contributed by atoms with Crippen LogP contribution in [0, 0.1) is 0 Å². The molecule has 0 aromatic heterocycles. The first-order valence-electron chi connectivity index (χ1n) is 6.40. The Kier molecular flexibility index (Phi) is 23.4. The van der Waals surface area contributed by atoms with Crippen LogP contribution in [0.3, 0.4) is 0 Å². The lowest BCUT2D eigenvalue weighted by Gasteiger charge is -2.03. The number of hydrogen-bond donors (Lipinski definition) is 1. The largest absolute Gasteiger partial charge is 0.397 e. The van der Waals surface area contributed by atoms with Gasteiger partial charge in [-0.1, -0.05) is 36.8 Å². The Balaban J connectivity index is -0.000000315. The molecule has 1 nitrogen and oxygen atoms in total. The molecule has 1 atom stereocenters. The molecule has 0 radical (unpaired) electrons. The second kappa shape index (κ2) is 18.7. The molecule has 0 aliphatic rings. The minimum Gasteiger partial charge on any atom is -0.397 e. The maximum Gasteiger partial charge on any atom is 0.0402 e. The van der Waals surface area contributed by atoms with Crippen LogP contribution < -0.4 is 0 Å². The Labute approximate surface area is 117 Å². The fourth-order valence-corrected chi connectivity index (χ4v) is 1.41. The second-order valence-corrected chi connectivity index (χ2v) is 4.22. The lowest BCUT2D eigenvalue weighted by Crippen LogP contribution is -1.81. The first-order chi connectivity index (χ1) is 8.46. The molecule has 1 N–H and O–H groups in total. The zero-order valence-electron chi connectivity index (χ0n) is 13.0. The third-order valence-corrected chi connectivity index (χ3v) is 2.51. The molecule has 0 fully saturated rings. The maximum absolute atomic E-state index is 7.57. The lowest BCUT2D eigenvalue weighted by atomic mass is 10.1. The van der Waals surface area contributed by atoms with Crippen LogP contribution in [0.15, 0.2) is 47.3 Å². The van der Waals surface area contributed by atoms with Gasteiger partial charge < -0.3 is 5.11 Å². The average Bonchev–Trinajstić information content (AvgIpc) is 2.30. The van der Waals surface area contributed by atoms with E-state index in [9.17, 15) is 0 Å². The Morgan fingerprint density at radius 2 is 1.61 bits per heavy atom. The summed E-state index contributed by atoms with van der Waals surface area (Å²) in [5.74, 6) is 0. The Hall–Kier alpha value is -0.650. The average molecular weight is 270 g/mol. The highest BCUT2D eigenvalue weighted by Gasteiger charge is 1.94. The lowest BCUT2D eigenvalue weighted by molar-refractivity contribution is 0.318. The smallest absolute Gasteiger partial charge is 0.0402 e. The summed E-state index contributed by atoms with van der Waals surface area (Å²) in [4.78, 5) is 0. The molecule has 0 bridgehead atoms. The van der Waals surface area contributed by atoms with E-state index in [0.29, 0.717) is 0 Å². The fourth-order valence-electron chi connectivity index (χ4n) is 0.992. The minimum absolute atomic E-state index is 0.250. The van der Waals surface area contributed by atoms with E-state index in [1.165, 1.54) is 16.5 Å². The summed E-state index contributed by atoms with van der Waals surface area (Å²) in [6.45, 7) is 15.7. The highest BCUT2D eigenvalue weighted by molar-refractivity contribution is 7.23. The van der Waals surface area contributed by atoms with Crippen molar-refractivity contribution in [3.8, 4) is 0 Å². The minimum atomic E-state index is 0.250. The van der Waals surface area contributed by atoms with E-state index in [2.05, 4.69) is 54.8 Å². The van der Waals surface area contributed by atoms with Gasteiger partial charge in [0, 0.05) is 6.61 Å². The molecule has 2 heteroatoms. The van der Waals surface area contributed by atoms with Crippen molar-refractivity contribution in [2.75, 3.05) is 6.61 Å². The third kappa shape index (κ3) is 17.7. The molecule has 0 aromatic carbocycles. The first kappa shape index (κ1) is 22.5. The van der Waals surface area contributed by atoms with Crippen LogP contribution in [-0.2, 0) is 0 Å². The Bertz CT molecular complexity index is 273. The van der Waals surface area contributed by atoms with Crippen LogP contribution in [-0.4, -0.2) is 11.7 Å². The fraction of sp³-hybridized carbons (Fsp3) is 0.500. The van der Waals surface area contributed by atoms with Gasteiger partial charge in [-0.05, 0) is 51.9 Å². The quantitative estimate of drug-likeness (QED) is 0.421. The standard InChI is InChI=1S/C11H19P.C3H6.C2H6O/c1-5-7-9(3)10(4)11(12)8-6-2;1-3-2;1-2-3/h6-8H,5,12H2,1-4H3;3H,1H2,2H3;3H,2H2,1H3/b8-6-,9-7+,11-10+;;. The molecular formula is C16H31OP. The summed E-state index contributed by atoms with van der Waals surface area (Å²) in [7, 11) is 2.76. The van der Waals surface area contributed by atoms with E-state index in [1.807, 2.05) is 13.8 Å². The molecule has 18 heavy (non-hydrogen) atoms. The molecule has 0 amide bonds. The SMILES string of the molecule is C=CC.CCO.C\C=C/C(P)=C(C)\C(C)=C\CC. The van der Waals surface area contributed by atoms with Gasteiger partial charge in [0.1, 0.15) is 0 Å². The van der Waals surface area contributed by atoms with Crippen LogP contribution in [0.2, 0.25) is 0 Å². The van der Waals surface area contributed by atoms with E-state index < -0.39 is 0 Å². The predicted molar refractivity (Wildman–Crippen MR) is 89.9 cm³/mol. The van der Waals surface area contributed by atoms with Crippen LogP contribution in [0.1, 0.15) is 48.0 Å². The van der Waals surface area contributed by atoms with E-state index in [4.69, 9.17) is 5.11 Å². The number of aliphatic hydroxyl groups excluding tert-OH is 1. The molecule has 0 aromatic rings. The van der Waals surface area contributed by atoms with Crippen molar-refractivity contribution < 1.29 is 5.11 Å². The van der Waals surface area contributed by atoms with E-state index in [-0.39, 0.29) is 6.61 Å². The molecule has 0 aliphatic carbocycles. The predicted octanol–water partition coefficient (Wildman–Crippen LogP) is 5.26. The number of allylic oxidation sites excluding steroid dienone is 7. The molecule has 0 rings (SSSR count). The van der Waals surface area contributed by atoms with Crippen molar-refractivity contribution >= 4 is 9.24 Å². The zero-order valence-corrected chi connectivity index (χ0v) is 14.1. The maximum atomic E-state index is 7.57. The Morgan fingerprint density at radius 3 is 1.89 bits per heavy atom. The molecular weight excluding hydrogens is 239 g/mol. The number of hydrogen-bond acceptors (Lipinski definition) is 1. The van der Waals surface area contributed by atoms with E-state index >= 15 is 0 Å². The highest BCUT2D eigenvalue weighted by atomic mass is 31.0. The zero-order chi connectivity index (χ0) is 15.0. The van der Waals surface area contributed by atoms with Gasteiger partial charge >= 0.3 is 0 Å². The van der Waals surface area contributed by atoms with Crippen LogP contribution in [0.25, 0.3) is 0 Å². The molecule has 0 spiro atoms. The van der Waals surface area contributed by atoms with Crippen molar-refractivity contribution in [1.82, 2.24) is 0 Å².